The van der Waals surface area contributed by atoms with Gasteiger partial charge in [-0.3, -0.25) is 0 Å². The number of hydrogen-bond acceptors (Lipinski definition) is 3. The molecule has 2 aliphatic carbocycles. The predicted octanol–water partition coefficient (Wildman–Crippen LogP) is 4.86. The highest BCUT2D eigenvalue weighted by atomic mass is 16.6. The van der Waals surface area contributed by atoms with Gasteiger partial charge in [0.25, 0.3) is 0 Å². The van der Waals surface area contributed by atoms with Gasteiger partial charge in [0, 0.05) is 30.6 Å². The average Bonchev–Trinajstić information content (AvgIpc) is 3.32. The van der Waals surface area contributed by atoms with Gasteiger partial charge in [-0.1, -0.05) is 48.9 Å². The molecule has 4 nitrogen and oxygen atoms in total. The van der Waals surface area contributed by atoms with E-state index in [9.17, 15) is 4.79 Å². The molecular formula is C24H34N2O2. The van der Waals surface area contributed by atoms with Crippen molar-refractivity contribution in [1.29, 1.82) is 0 Å². The van der Waals surface area contributed by atoms with Crippen LogP contribution in [0.5, 0.6) is 0 Å². The van der Waals surface area contributed by atoms with Crippen LogP contribution in [0.15, 0.2) is 35.9 Å². The molecule has 4 rings (SSSR count). The molecule has 1 amide bonds. The highest BCUT2D eigenvalue weighted by Crippen LogP contribution is 2.50. The zero-order valence-electron chi connectivity index (χ0n) is 17.7. The summed E-state index contributed by atoms with van der Waals surface area (Å²) in [4.78, 5) is 14.0. The molecule has 1 unspecified atom stereocenters. The number of nitrogens with one attached hydrogen (secondary N) is 1. The van der Waals surface area contributed by atoms with E-state index < -0.39 is 5.60 Å². The van der Waals surface area contributed by atoms with E-state index in [1.807, 2.05) is 25.7 Å². The minimum absolute atomic E-state index is 0.157. The lowest BCUT2D eigenvalue weighted by Crippen LogP contribution is -2.67. The Balaban J connectivity index is 1.21. The van der Waals surface area contributed by atoms with Crippen molar-refractivity contribution in [2.45, 2.75) is 71.1 Å². The molecule has 1 heterocycles. The Morgan fingerprint density at radius 3 is 2.54 bits per heavy atom. The molecule has 0 bridgehead atoms. The third-order valence-electron chi connectivity index (χ3n) is 6.34. The lowest BCUT2D eigenvalue weighted by Gasteiger charge is -2.58. The van der Waals surface area contributed by atoms with E-state index in [-0.39, 0.29) is 6.09 Å². The van der Waals surface area contributed by atoms with Gasteiger partial charge in [-0.25, -0.2) is 4.79 Å². The molecule has 1 N–H and O–H groups in total. The minimum Gasteiger partial charge on any atom is -0.444 e. The fraction of sp³-hybridized carbons (Fsp3) is 0.625. The number of rotatable bonds is 5. The second kappa shape index (κ2) is 7.22. The molecule has 4 heteroatoms. The predicted molar refractivity (Wildman–Crippen MR) is 113 cm³/mol. The molecule has 1 saturated heterocycles. The molecule has 3 fully saturated rings. The molecule has 1 aliphatic heterocycles. The Labute approximate surface area is 169 Å². The Hall–Kier alpha value is -1.81. The number of carbonyl (C=O) groups is 1. The van der Waals surface area contributed by atoms with Crippen LogP contribution in [0.2, 0.25) is 0 Å². The van der Waals surface area contributed by atoms with Crippen LogP contribution in [0, 0.1) is 11.3 Å². The maximum absolute atomic E-state index is 12.1. The van der Waals surface area contributed by atoms with Gasteiger partial charge in [0.15, 0.2) is 0 Å². The van der Waals surface area contributed by atoms with Crippen molar-refractivity contribution in [2.24, 2.45) is 11.3 Å². The number of ether oxygens (including phenoxy) is 1. The van der Waals surface area contributed by atoms with E-state index >= 15 is 0 Å². The summed E-state index contributed by atoms with van der Waals surface area (Å²) >= 11 is 0. The SMILES string of the molecule is CCC(=Cc1ccccc1)C1C[C@@H]1NC1CC2(C1)CN(C(=O)OC(C)(C)C)C2. The fourth-order valence-electron chi connectivity index (χ4n) is 4.91. The minimum atomic E-state index is -0.408. The Morgan fingerprint density at radius 1 is 1.25 bits per heavy atom. The van der Waals surface area contributed by atoms with Crippen LogP contribution in [-0.4, -0.2) is 41.8 Å². The van der Waals surface area contributed by atoms with Crippen molar-refractivity contribution in [2.75, 3.05) is 13.1 Å². The maximum atomic E-state index is 12.1. The van der Waals surface area contributed by atoms with Gasteiger partial charge in [0.1, 0.15) is 5.60 Å². The van der Waals surface area contributed by atoms with Crippen molar-refractivity contribution in [3.05, 3.63) is 41.5 Å². The number of carbonyl (C=O) groups excluding carboxylic acids is 1. The van der Waals surface area contributed by atoms with Gasteiger partial charge >= 0.3 is 6.09 Å². The molecule has 2 saturated carbocycles. The monoisotopic (exact) mass is 382 g/mol. The lowest BCUT2D eigenvalue weighted by molar-refractivity contribution is -0.0831. The van der Waals surface area contributed by atoms with Crippen LogP contribution in [-0.2, 0) is 4.74 Å². The van der Waals surface area contributed by atoms with E-state index in [0.717, 1.165) is 19.5 Å². The summed E-state index contributed by atoms with van der Waals surface area (Å²) in [6, 6.07) is 11.9. The standard InChI is InChI=1S/C24H34N2O2/c1-5-18(11-17-9-7-6-8-10-17)20-12-21(20)25-19-13-24(14-19)15-26(16-24)22(27)28-23(2,3)4/h6-11,19-21,25H,5,12-16H2,1-4H3/t20?,21-/m0/s1. The van der Waals surface area contributed by atoms with Gasteiger partial charge in [-0.15, -0.1) is 0 Å². The molecule has 0 radical (unpaired) electrons. The van der Waals surface area contributed by atoms with Gasteiger partial charge in [-0.2, -0.15) is 0 Å². The number of amides is 1. The van der Waals surface area contributed by atoms with Crippen molar-refractivity contribution in [1.82, 2.24) is 10.2 Å². The van der Waals surface area contributed by atoms with Gasteiger partial charge < -0.3 is 15.0 Å². The Kier molecular flexibility index (Phi) is 5.03. The van der Waals surface area contributed by atoms with E-state index in [4.69, 9.17) is 4.74 Å². The third kappa shape index (κ3) is 4.27. The first kappa shape index (κ1) is 19.5. The molecule has 0 aromatic heterocycles. The number of likely N-dealkylation sites (tertiary alicyclic amines) is 1. The van der Waals surface area contributed by atoms with Crippen LogP contribution in [0.1, 0.15) is 58.9 Å². The molecule has 1 aromatic carbocycles. The summed E-state index contributed by atoms with van der Waals surface area (Å²) in [5.41, 5.74) is 2.82. The van der Waals surface area contributed by atoms with Crippen LogP contribution < -0.4 is 5.32 Å². The first-order valence-electron chi connectivity index (χ1n) is 10.8. The van der Waals surface area contributed by atoms with Crippen LogP contribution in [0.4, 0.5) is 4.79 Å². The van der Waals surface area contributed by atoms with Crippen molar-refractivity contribution in [3.8, 4) is 0 Å². The summed E-state index contributed by atoms with van der Waals surface area (Å²) < 4.78 is 5.47. The van der Waals surface area contributed by atoms with Crippen LogP contribution in [0.25, 0.3) is 6.08 Å². The van der Waals surface area contributed by atoms with Crippen molar-refractivity contribution < 1.29 is 9.53 Å². The molecule has 2 atom stereocenters. The van der Waals surface area contributed by atoms with Gasteiger partial charge in [0.2, 0.25) is 0 Å². The highest BCUT2D eigenvalue weighted by molar-refractivity contribution is 5.69. The van der Waals surface area contributed by atoms with Crippen LogP contribution in [0.3, 0.4) is 0 Å². The zero-order chi connectivity index (χ0) is 19.9. The summed E-state index contributed by atoms with van der Waals surface area (Å²) in [5.74, 6) is 0.696. The molecular weight excluding hydrogens is 348 g/mol. The molecule has 1 spiro atoms. The number of benzene rings is 1. The molecule has 152 valence electrons. The lowest BCUT2D eigenvalue weighted by atomic mass is 9.60. The van der Waals surface area contributed by atoms with Crippen molar-refractivity contribution in [3.63, 3.8) is 0 Å². The van der Waals surface area contributed by atoms with E-state index in [1.54, 1.807) is 5.57 Å². The van der Waals surface area contributed by atoms with Crippen LogP contribution >= 0.6 is 0 Å². The first-order valence-corrected chi connectivity index (χ1v) is 10.8. The quantitative estimate of drug-likeness (QED) is 0.791. The van der Waals surface area contributed by atoms with E-state index in [2.05, 4.69) is 48.6 Å². The molecule has 28 heavy (non-hydrogen) atoms. The molecule has 1 aromatic rings. The number of hydrogen-bond donors (Lipinski definition) is 1. The van der Waals surface area contributed by atoms with Crippen molar-refractivity contribution >= 4 is 12.2 Å². The van der Waals surface area contributed by atoms with E-state index in [0.29, 0.717) is 23.4 Å². The largest absolute Gasteiger partial charge is 0.444 e. The second-order valence-electron chi connectivity index (χ2n) is 10.0. The highest BCUT2D eigenvalue weighted by Gasteiger charge is 2.55. The summed E-state index contributed by atoms with van der Waals surface area (Å²) in [7, 11) is 0. The fourth-order valence-corrected chi connectivity index (χ4v) is 4.91. The molecule has 3 aliphatic rings. The topological polar surface area (TPSA) is 41.6 Å². The maximum Gasteiger partial charge on any atom is 0.410 e. The first-order chi connectivity index (χ1) is 13.3. The third-order valence-corrected chi connectivity index (χ3v) is 6.34. The normalized spacial score (nSPS) is 26.6. The summed E-state index contributed by atoms with van der Waals surface area (Å²) in [6.45, 7) is 9.76. The summed E-state index contributed by atoms with van der Waals surface area (Å²) in [6.07, 6.45) is 6.99. The van der Waals surface area contributed by atoms with Gasteiger partial charge in [0.05, 0.1) is 0 Å². The Morgan fingerprint density at radius 2 is 1.93 bits per heavy atom. The Bertz CT molecular complexity index is 736. The summed E-state index contributed by atoms with van der Waals surface area (Å²) in [5, 5.41) is 3.87. The zero-order valence-corrected chi connectivity index (χ0v) is 17.7. The second-order valence-corrected chi connectivity index (χ2v) is 10.0. The number of nitrogens with zero attached hydrogens (tertiary/aromatic N) is 1. The van der Waals surface area contributed by atoms with Gasteiger partial charge in [-0.05, 0) is 57.9 Å². The smallest absolute Gasteiger partial charge is 0.410 e. The van der Waals surface area contributed by atoms with E-state index in [1.165, 1.54) is 24.8 Å². The average molecular weight is 383 g/mol.